The number of hydrogen-bond acceptors (Lipinski definition) is 8. The number of esters is 3. The predicted octanol–water partition coefficient (Wildman–Crippen LogP) is 0.685. The van der Waals surface area contributed by atoms with Gasteiger partial charge in [-0.2, -0.15) is 0 Å². The third-order valence-corrected chi connectivity index (χ3v) is 2.46. The van der Waals surface area contributed by atoms with Crippen molar-refractivity contribution in [2.45, 2.75) is 0 Å². The molecule has 8 nitrogen and oxygen atoms in total. The second-order valence-electron chi connectivity index (χ2n) is 3.93. The second kappa shape index (κ2) is 8.98. The molecule has 0 saturated carbocycles. The van der Waals surface area contributed by atoms with Gasteiger partial charge in [0.05, 0.1) is 19.8 Å². The molecule has 0 aromatic heterocycles. The number of rotatable bonds is 7. The number of hydrogen-bond donors (Lipinski definition) is 0. The maximum atomic E-state index is 11.7. The maximum absolute atomic E-state index is 11.7. The van der Waals surface area contributed by atoms with Crippen LogP contribution in [-0.4, -0.2) is 45.0 Å². The summed E-state index contributed by atoms with van der Waals surface area (Å²) in [6, 6.07) is 4.49. The molecule has 0 saturated heterocycles. The van der Waals surface area contributed by atoms with Gasteiger partial charge < -0.3 is 18.9 Å². The van der Waals surface area contributed by atoms with E-state index < -0.39 is 24.5 Å². The average Bonchev–Trinajstić information content (AvgIpc) is 2.57. The highest BCUT2D eigenvalue weighted by atomic mass is 16.6. The van der Waals surface area contributed by atoms with Crippen molar-refractivity contribution in [2.24, 2.45) is 0 Å². The van der Waals surface area contributed by atoms with Gasteiger partial charge in [0, 0.05) is 12.2 Å². The first-order valence-corrected chi connectivity index (χ1v) is 6.27. The highest BCUT2D eigenvalue weighted by molar-refractivity contribution is 5.92. The zero-order valence-electron chi connectivity index (χ0n) is 12.4. The lowest BCUT2D eigenvalue weighted by Crippen LogP contribution is -2.19. The molecular weight excluding hydrogens is 308 g/mol. The molecule has 23 heavy (non-hydrogen) atoms. The molecule has 1 aromatic carbocycles. The summed E-state index contributed by atoms with van der Waals surface area (Å²) in [6.45, 7) is -0.708. The van der Waals surface area contributed by atoms with Crippen LogP contribution >= 0.6 is 0 Å². The van der Waals surface area contributed by atoms with Crippen molar-refractivity contribution in [3.63, 3.8) is 0 Å². The van der Waals surface area contributed by atoms with Gasteiger partial charge in [0.25, 0.3) is 0 Å². The van der Waals surface area contributed by atoms with Crippen LogP contribution in [-0.2, 0) is 23.9 Å². The molecule has 8 heteroatoms. The van der Waals surface area contributed by atoms with E-state index >= 15 is 0 Å². The summed E-state index contributed by atoms with van der Waals surface area (Å²) in [6.07, 6.45) is 2.15. The predicted molar refractivity (Wildman–Crippen MR) is 76.1 cm³/mol. The first-order valence-electron chi connectivity index (χ1n) is 6.27. The van der Waals surface area contributed by atoms with Gasteiger partial charge in [-0.25, -0.2) is 14.4 Å². The minimum atomic E-state index is -0.928. The quantitative estimate of drug-likeness (QED) is 0.312. The molecule has 1 rings (SSSR count). The van der Waals surface area contributed by atoms with Crippen molar-refractivity contribution in [3.8, 4) is 11.5 Å². The summed E-state index contributed by atoms with van der Waals surface area (Å²) >= 11 is 0. The normalized spacial score (nSPS) is 10.0. The third-order valence-electron chi connectivity index (χ3n) is 2.46. The van der Waals surface area contributed by atoms with Gasteiger partial charge in [-0.3, -0.25) is 4.79 Å². The molecule has 0 N–H and O–H groups in total. The Bertz CT molecular complexity index is 632. The molecule has 1 aromatic rings. The van der Waals surface area contributed by atoms with Crippen molar-refractivity contribution < 1.29 is 38.1 Å². The van der Waals surface area contributed by atoms with Crippen LogP contribution in [0.15, 0.2) is 30.4 Å². The van der Waals surface area contributed by atoms with E-state index in [1.54, 1.807) is 6.07 Å². The van der Waals surface area contributed by atoms with Crippen molar-refractivity contribution in [1.82, 2.24) is 0 Å². The maximum Gasteiger partial charge on any atom is 0.349 e. The van der Waals surface area contributed by atoms with Crippen molar-refractivity contribution in [3.05, 3.63) is 35.9 Å². The molecule has 0 unspecified atom stereocenters. The van der Waals surface area contributed by atoms with Gasteiger partial charge in [-0.05, 0) is 12.1 Å². The van der Waals surface area contributed by atoms with Crippen LogP contribution in [0.4, 0.5) is 0 Å². The summed E-state index contributed by atoms with van der Waals surface area (Å²) < 4.78 is 18.8. The fraction of sp³-hybridized carbons (Fsp3) is 0.200. The Hall–Kier alpha value is -3.16. The van der Waals surface area contributed by atoms with Crippen molar-refractivity contribution in [1.29, 1.82) is 0 Å². The molecule has 0 aliphatic carbocycles. The molecule has 0 bridgehead atoms. The van der Waals surface area contributed by atoms with Gasteiger partial charge in [0.15, 0.2) is 24.4 Å². The molecule has 0 aliphatic rings. The number of ether oxygens (including phenoxy) is 4. The zero-order valence-corrected chi connectivity index (χ0v) is 12.4. The van der Waals surface area contributed by atoms with Gasteiger partial charge in [-0.1, -0.05) is 6.07 Å². The Labute approximate surface area is 131 Å². The van der Waals surface area contributed by atoms with E-state index in [1.807, 2.05) is 0 Å². The Morgan fingerprint density at radius 3 is 2.39 bits per heavy atom. The van der Waals surface area contributed by atoms with Crippen LogP contribution in [0.2, 0.25) is 0 Å². The summed E-state index contributed by atoms with van der Waals surface area (Å²) in [5.74, 6) is -2.48. The molecule has 0 amide bonds. The van der Waals surface area contributed by atoms with Gasteiger partial charge in [0.2, 0.25) is 0 Å². The first kappa shape index (κ1) is 17.9. The van der Waals surface area contributed by atoms with Gasteiger partial charge >= 0.3 is 17.9 Å². The molecular formula is C15H14O8. The Morgan fingerprint density at radius 2 is 1.78 bits per heavy atom. The number of para-hydroxylation sites is 1. The monoisotopic (exact) mass is 322 g/mol. The van der Waals surface area contributed by atoms with E-state index in [0.29, 0.717) is 6.29 Å². The van der Waals surface area contributed by atoms with Crippen molar-refractivity contribution in [2.75, 3.05) is 20.8 Å². The number of aldehydes is 1. The molecule has 0 heterocycles. The van der Waals surface area contributed by atoms with E-state index in [2.05, 4.69) is 9.47 Å². The van der Waals surface area contributed by atoms with E-state index in [4.69, 9.17) is 9.47 Å². The second-order valence-corrected chi connectivity index (χ2v) is 3.93. The smallest absolute Gasteiger partial charge is 0.349 e. The highest BCUT2D eigenvalue weighted by Crippen LogP contribution is 2.30. The summed E-state index contributed by atoms with van der Waals surface area (Å²) in [5.41, 5.74) is 0.106. The molecule has 0 atom stereocenters. The SMILES string of the molecule is COC(=O)/C=C\C(=O)OCC(=O)Oc1c(C=O)cccc1OC. The van der Waals surface area contributed by atoms with E-state index in [-0.39, 0.29) is 17.1 Å². The lowest BCUT2D eigenvalue weighted by Gasteiger charge is -2.10. The van der Waals surface area contributed by atoms with Crippen LogP contribution < -0.4 is 9.47 Å². The molecule has 0 spiro atoms. The van der Waals surface area contributed by atoms with Crippen LogP contribution in [0.1, 0.15) is 10.4 Å². The summed E-state index contributed by atoms with van der Waals surface area (Å²) in [5, 5.41) is 0. The molecule has 0 fully saturated rings. The Balaban J connectivity index is 2.64. The van der Waals surface area contributed by atoms with E-state index in [9.17, 15) is 19.2 Å². The molecule has 0 aliphatic heterocycles. The Morgan fingerprint density at radius 1 is 1.09 bits per heavy atom. The van der Waals surface area contributed by atoms with E-state index in [0.717, 1.165) is 19.3 Å². The standard InChI is InChI=1S/C15H14O8/c1-20-11-5-3-4-10(8-16)15(11)23-14(19)9-22-13(18)7-6-12(17)21-2/h3-8H,9H2,1-2H3/b7-6-. The minimum Gasteiger partial charge on any atom is -0.493 e. The first-order chi connectivity index (χ1) is 11.0. The van der Waals surface area contributed by atoms with Crippen LogP contribution in [0.3, 0.4) is 0 Å². The number of carbonyl (C=O) groups excluding carboxylic acids is 4. The average molecular weight is 322 g/mol. The molecule has 122 valence electrons. The van der Waals surface area contributed by atoms with Crippen LogP contribution in [0.5, 0.6) is 11.5 Å². The van der Waals surface area contributed by atoms with Crippen LogP contribution in [0.25, 0.3) is 0 Å². The largest absolute Gasteiger partial charge is 0.493 e. The highest BCUT2D eigenvalue weighted by Gasteiger charge is 2.15. The van der Waals surface area contributed by atoms with Gasteiger partial charge in [-0.15, -0.1) is 0 Å². The summed E-state index contributed by atoms with van der Waals surface area (Å²) in [7, 11) is 2.49. The summed E-state index contributed by atoms with van der Waals surface area (Å²) in [4.78, 5) is 44.6. The third kappa shape index (κ3) is 5.62. The molecule has 0 radical (unpaired) electrons. The lowest BCUT2D eigenvalue weighted by molar-refractivity contribution is -0.150. The van der Waals surface area contributed by atoms with Crippen LogP contribution in [0, 0.1) is 0 Å². The topological polar surface area (TPSA) is 105 Å². The van der Waals surface area contributed by atoms with Gasteiger partial charge in [0.1, 0.15) is 0 Å². The minimum absolute atomic E-state index is 0.0730. The fourth-order valence-electron chi connectivity index (χ4n) is 1.42. The number of methoxy groups -OCH3 is 2. The number of benzene rings is 1. The van der Waals surface area contributed by atoms with E-state index in [1.165, 1.54) is 19.2 Å². The number of carbonyl (C=O) groups is 4. The van der Waals surface area contributed by atoms with Crippen molar-refractivity contribution >= 4 is 24.2 Å². The lowest BCUT2D eigenvalue weighted by atomic mass is 10.2. The Kier molecular flexibility index (Phi) is 6.99. The fourth-order valence-corrected chi connectivity index (χ4v) is 1.42. The zero-order chi connectivity index (χ0) is 17.2.